The molecule has 1 aliphatic rings. The quantitative estimate of drug-likeness (QED) is 0.452. The van der Waals surface area contributed by atoms with E-state index < -0.39 is 0 Å². The van der Waals surface area contributed by atoms with Gasteiger partial charge in [-0.2, -0.15) is 24.3 Å². The molecule has 1 aromatic rings. The van der Waals surface area contributed by atoms with Gasteiger partial charge in [0.15, 0.2) is 0 Å². The van der Waals surface area contributed by atoms with Crippen molar-refractivity contribution in [1.82, 2.24) is 0 Å². The van der Waals surface area contributed by atoms with Crippen LogP contribution in [0, 0.1) is 6.08 Å². The van der Waals surface area contributed by atoms with Crippen LogP contribution >= 0.6 is 0 Å². The number of halogens is 2. The molecule has 0 amide bonds. The van der Waals surface area contributed by atoms with Gasteiger partial charge in [0.2, 0.25) is 0 Å². The third-order valence-electron chi connectivity index (χ3n) is 1.42. The van der Waals surface area contributed by atoms with E-state index in [0.29, 0.717) is 0 Å². The largest absolute Gasteiger partial charge is 4.00 e. The Morgan fingerprint density at radius 1 is 1.21 bits per heavy atom. The van der Waals surface area contributed by atoms with Crippen molar-refractivity contribution in [3.05, 3.63) is 54.1 Å². The molecule has 0 atom stereocenters. The molecular weight excluding hydrogens is 294 g/mol. The molecule has 0 bridgehead atoms. The average molecular weight is 306 g/mol. The Kier molecular flexibility index (Phi) is 18.8. The second kappa shape index (κ2) is 13.3. The molecule has 0 fully saturated rings. The Balaban J connectivity index is -0.000000144. The molecule has 0 aliphatic heterocycles. The summed E-state index contributed by atoms with van der Waals surface area (Å²) >= 11 is 0. The second-order valence-corrected chi connectivity index (χ2v) is 2.43. The monoisotopic (exact) mass is 304 g/mol. The fourth-order valence-electron chi connectivity index (χ4n) is 0.835. The summed E-state index contributed by atoms with van der Waals surface area (Å²) in [5, 5.41) is 0. The van der Waals surface area contributed by atoms with Gasteiger partial charge in [-0.05, 0) is 0 Å². The molecule has 0 nitrogen and oxygen atoms in total. The molecule has 0 aromatic heterocycles. The Hall–Kier alpha value is 0.293. The average Bonchev–Trinajstić information content (AvgIpc) is 2.57. The maximum absolute atomic E-state index is 3.12. The van der Waals surface area contributed by atoms with E-state index >= 15 is 0 Å². The van der Waals surface area contributed by atoms with E-state index in [1.54, 1.807) is 0 Å². The molecule has 0 saturated carbocycles. The van der Waals surface area contributed by atoms with Crippen molar-refractivity contribution in [1.29, 1.82) is 0 Å². The SMILES string of the molecule is CC1=[C-]CC=C1.[Cl-].[Cl-].[Zr+4].c1cc[cH-]c1. The first kappa shape index (κ1) is 19.8. The van der Waals surface area contributed by atoms with Crippen LogP contribution in [0.1, 0.15) is 13.3 Å². The molecule has 1 aromatic carbocycles. The first-order chi connectivity index (χ1) is 5.39. The molecule has 3 heteroatoms. The zero-order valence-corrected chi connectivity index (χ0v) is 12.0. The molecule has 74 valence electrons. The van der Waals surface area contributed by atoms with Crippen molar-refractivity contribution in [2.45, 2.75) is 13.3 Å². The van der Waals surface area contributed by atoms with Gasteiger partial charge in [0.25, 0.3) is 0 Å². The van der Waals surface area contributed by atoms with E-state index in [4.69, 9.17) is 0 Å². The third kappa shape index (κ3) is 10.4. The smallest absolute Gasteiger partial charge is 1.00 e. The van der Waals surface area contributed by atoms with Gasteiger partial charge < -0.3 is 24.8 Å². The maximum Gasteiger partial charge on any atom is 4.00 e. The van der Waals surface area contributed by atoms with Crippen molar-refractivity contribution in [2.75, 3.05) is 0 Å². The van der Waals surface area contributed by atoms with Crippen LogP contribution in [-0.2, 0) is 26.2 Å². The minimum Gasteiger partial charge on any atom is -1.00 e. The topological polar surface area (TPSA) is 0 Å². The number of hydrogen-bond acceptors (Lipinski definition) is 0. The number of rotatable bonds is 0. The van der Waals surface area contributed by atoms with E-state index in [-0.39, 0.29) is 51.0 Å². The molecule has 0 N–H and O–H groups in total. The van der Waals surface area contributed by atoms with Gasteiger partial charge in [0.1, 0.15) is 0 Å². The summed E-state index contributed by atoms with van der Waals surface area (Å²) in [6.45, 7) is 2.06. The normalized spacial score (nSPS) is 10.8. The predicted octanol–water partition coefficient (Wildman–Crippen LogP) is -2.89. The van der Waals surface area contributed by atoms with Crippen LogP contribution in [-0.4, -0.2) is 0 Å². The molecule has 1 aliphatic carbocycles. The summed E-state index contributed by atoms with van der Waals surface area (Å²) in [5.74, 6) is 0. The Morgan fingerprint density at radius 2 is 1.79 bits per heavy atom. The first-order valence-corrected chi connectivity index (χ1v) is 3.80. The summed E-state index contributed by atoms with van der Waals surface area (Å²) in [5.41, 5.74) is 1.27. The van der Waals surface area contributed by atoms with E-state index in [1.165, 1.54) is 5.57 Å². The summed E-state index contributed by atoms with van der Waals surface area (Å²) in [7, 11) is 0. The van der Waals surface area contributed by atoms with Crippen LogP contribution < -0.4 is 24.8 Å². The summed E-state index contributed by atoms with van der Waals surface area (Å²) < 4.78 is 0. The van der Waals surface area contributed by atoms with Gasteiger partial charge in [-0.1, -0.05) is 6.92 Å². The van der Waals surface area contributed by atoms with Crippen LogP contribution in [0.25, 0.3) is 0 Å². The second-order valence-electron chi connectivity index (χ2n) is 2.43. The summed E-state index contributed by atoms with van der Waals surface area (Å²) in [6, 6.07) is 10.0. The minimum absolute atomic E-state index is 0. The maximum atomic E-state index is 3.12. The molecule has 0 unspecified atom stereocenters. The molecule has 0 spiro atoms. The fraction of sp³-hybridized carbons (Fsp3) is 0.182. The Morgan fingerprint density at radius 3 is 1.93 bits per heavy atom. The molecule has 14 heavy (non-hydrogen) atoms. The van der Waals surface area contributed by atoms with Crippen molar-refractivity contribution in [3.8, 4) is 0 Å². The van der Waals surface area contributed by atoms with Gasteiger partial charge in [-0.25, -0.2) is 23.8 Å². The number of hydrogen-bond donors (Lipinski definition) is 0. The molecule has 0 heterocycles. The van der Waals surface area contributed by atoms with Gasteiger partial charge in [-0.3, -0.25) is 6.08 Å². The summed E-state index contributed by atoms with van der Waals surface area (Å²) in [6.07, 6.45) is 8.33. The van der Waals surface area contributed by atoms with Crippen LogP contribution in [0.2, 0.25) is 0 Å². The van der Waals surface area contributed by atoms with Crippen LogP contribution in [0.3, 0.4) is 0 Å². The third-order valence-corrected chi connectivity index (χ3v) is 1.42. The van der Waals surface area contributed by atoms with Crippen molar-refractivity contribution >= 4 is 0 Å². The standard InChI is InChI=1S/C6H7.C5H5.2ClH.Zr/c1-6-4-2-3-5-6;1-2-4-5-3-1;;;/h2,4H,3H2,1H3;1-5H;2*1H;/q2*-1;;;+4/p-2. The van der Waals surface area contributed by atoms with Gasteiger partial charge >= 0.3 is 26.2 Å². The van der Waals surface area contributed by atoms with E-state index in [1.807, 2.05) is 30.3 Å². The number of allylic oxidation sites excluding steroid dienone is 4. The van der Waals surface area contributed by atoms with Crippen molar-refractivity contribution in [2.24, 2.45) is 0 Å². The van der Waals surface area contributed by atoms with E-state index in [9.17, 15) is 0 Å². The fourth-order valence-corrected chi connectivity index (χ4v) is 0.835. The van der Waals surface area contributed by atoms with Crippen LogP contribution in [0.5, 0.6) is 0 Å². The molecule has 2 rings (SSSR count). The van der Waals surface area contributed by atoms with Gasteiger partial charge in [0, 0.05) is 0 Å². The van der Waals surface area contributed by atoms with Gasteiger partial charge in [-0.15, -0.1) is 6.42 Å². The van der Waals surface area contributed by atoms with Crippen molar-refractivity contribution < 1.29 is 51.0 Å². The molecule has 0 radical (unpaired) electrons. The van der Waals surface area contributed by atoms with Crippen LogP contribution in [0.15, 0.2) is 48.1 Å². The Bertz CT molecular complexity index is 218. The molecular formula is C11H12Cl2Zr. The Labute approximate surface area is 118 Å². The van der Waals surface area contributed by atoms with Gasteiger partial charge in [0.05, 0.1) is 0 Å². The zero-order chi connectivity index (χ0) is 7.94. The zero-order valence-electron chi connectivity index (χ0n) is 8.00. The summed E-state index contributed by atoms with van der Waals surface area (Å²) in [4.78, 5) is 0. The van der Waals surface area contributed by atoms with E-state index in [2.05, 4.69) is 25.2 Å². The minimum atomic E-state index is 0. The predicted molar refractivity (Wildman–Crippen MR) is 48.2 cm³/mol. The van der Waals surface area contributed by atoms with Crippen molar-refractivity contribution in [3.63, 3.8) is 0 Å². The molecule has 0 saturated heterocycles. The van der Waals surface area contributed by atoms with Crippen LogP contribution in [0.4, 0.5) is 0 Å². The first-order valence-electron chi connectivity index (χ1n) is 3.80. The van der Waals surface area contributed by atoms with E-state index in [0.717, 1.165) is 6.42 Å².